The van der Waals surface area contributed by atoms with Crippen molar-refractivity contribution in [2.75, 3.05) is 6.54 Å². The summed E-state index contributed by atoms with van der Waals surface area (Å²) in [5.74, 6) is -0.843. The van der Waals surface area contributed by atoms with Crippen molar-refractivity contribution in [2.45, 2.75) is 20.4 Å². The quantitative estimate of drug-likeness (QED) is 0.553. The topological polar surface area (TPSA) is 49.3 Å². The highest BCUT2D eigenvalue weighted by atomic mass is 16.4. The molecule has 0 aromatic heterocycles. The van der Waals surface area contributed by atoms with Crippen LogP contribution in [0.5, 0.6) is 0 Å². The molecule has 0 aliphatic heterocycles. The molecule has 3 aromatic rings. The van der Waals surface area contributed by atoms with Gasteiger partial charge in [0.05, 0.1) is 6.54 Å². The van der Waals surface area contributed by atoms with Gasteiger partial charge in [-0.2, -0.15) is 0 Å². The van der Waals surface area contributed by atoms with Crippen LogP contribution < -0.4 is 5.32 Å². The summed E-state index contributed by atoms with van der Waals surface area (Å²) in [6, 6.07) is 23.0. The van der Waals surface area contributed by atoms with Gasteiger partial charge in [-0.1, -0.05) is 78.9 Å². The predicted octanol–water partition coefficient (Wildman–Crippen LogP) is 5.32. The van der Waals surface area contributed by atoms with E-state index in [4.69, 9.17) is 5.11 Å². The highest BCUT2D eigenvalue weighted by Gasteiger charge is 2.04. The molecule has 0 saturated heterocycles. The van der Waals surface area contributed by atoms with Crippen LogP contribution in [0.1, 0.15) is 27.8 Å². The molecule has 2 N–H and O–H groups in total. The van der Waals surface area contributed by atoms with Crippen molar-refractivity contribution in [1.29, 1.82) is 0 Å². The number of nitrogens with one attached hydrogen (secondary N) is 1. The van der Waals surface area contributed by atoms with Crippen molar-refractivity contribution < 1.29 is 9.90 Å². The third-order valence-corrected chi connectivity index (χ3v) is 4.84. The molecule has 3 aromatic carbocycles. The minimum Gasteiger partial charge on any atom is -0.480 e. The minimum absolute atomic E-state index is 0.0300. The average Bonchev–Trinajstić information content (AvgIpc) is 2.69. The van der Waals surface area contributed by atoms with E-state index in [1.807, 2.05) is 12.1 Å². The lowest BCUT2D eigenvalue weighted by Gasteiger charge is -2.10. The maximum absolute atomic E-state index is 10.6. The van der Waals surface area contributed by atoms with E-state index in [-0.39, 0.29) is 6.54 Å². The van der Waals surface area contributed by atoms with Gasteiger partial charge < -0.3 is 10.4 Å². The third kappa shape index (κ3) is 4.96. The zero-order valence-corrected chi connectivity index (χ0v) is 16.3. The SMILES string of the molecule is Cc1cc(CNCC(=O)O)ccc1/C=C/c1cccc(-c2ccccc2)c1C. The maximum atomic E-state index is 10.6. The van der Waals surface area contributed by atoms with Gasteiger partial charge in [0.1, 0.15) is 0 Å². The molecule has 0 aliphatic rings. The molecule has 0 spiro atoms. The molecule has 28 heavy (non-hydrogen) atoms. The second kappa shape index (κ2) is 9.16. The van der Waals surface area contributed by atoms with Gasteiger partial charge in [0.2, 0.25) is 0 Å². The fourth-order valence-electron chi connectivity index (χ4n) is 3.29. The van der Waals surface area contributed by atoms with E-state index in [0.717, 1.165) is 11.1 Å². The van der Waals surface area contributed by atoms with Gasteiger partial charge in [-0.3, -0.25) is 4.79 Å². The summed E-state index contributed by atoms with van der Waals surface area (Å²) in [4.78, 5) is 10.6. The van der Waals surface area contributed by atoms with Gasteiger partial charge in [-0.25, -0.2) is 0 Å². The first-order valence-electron chi connectivity index (χ1n) is 9.40. The molecule has 0 fully saturated rings. The van der Waals surface area contributed by atoms with Gasteiger partial charge in [0.25, 0.3) is 0 Å². The molecule has 0 heterocycles. The molecule has 0 unspecified atom stereocenters. The van der Waals surface area contributed by atoms with Gasteiger partial charge >= 0.3 is 5.97 Å². The van der Waals surface area contributed by atoms with Crippen molar-refractivity contribution in [3.05, 3.63) is 94.5 Å². The van der Waals surface area contributed by atoms with E-state index < -0.39 is 5.97 Å². The van der Waals surface area contributed by atoms with Gasteiger partial charge in [-0.15, -0.1) is 0 Å². The lowest BCUT2D eigenvalue weighted by Crippen LogP contribution is -2.21. The van der Waals surface area contributed by atoms with Crippen LogP contribution in [0, 0.1) is 13.8 Å². The van der Waals surface area contributed by atoms with E-state index in [2.05, 4.69) is 85.9 Å². The standard InChI is InChI=1S/C25H25NO2/c1-18-15-20(16-26-17-25(27)28)11-12-21(18)13-14-22-9-6-10-24(19(22)2)23-7-4-3-5-8-23/h3-15,26H,16-17H2,1-2H3,(H,27,28)/b14-13+. The van der Waals surface area contributed by atoms with Crippen LogP contribution in [-0.4, -0.2) is 17.6 Å². The highest BCUT2D eigenvalue weighted by Crippen LogP contribution is 2.27. The van der Waals surface area contributed by atoms with Crippen molar-refractivity contribution in [3.8, 4) is 11.1 Å². The highest BCUT2D eigenvalue weighted by molar-refractivity contribution is 5.78. The minimum atomic E-state index is -0.843. The van der Waals surface area contributed by atoms with Crippen LogP contribution in [0.2, 0.25) is 0 Å². The lowest BCUT2D eigenvalue weighted by atomic mass is 9.95. The number of carboxylic acids is 1. The molecule has 0 aliphatic carbocycles. The fraction of sp³-hybridized carbons (Fsp3) is 0.160. The predicted molar refractivity (Wildman–Crippen MR) is 116 cm³/mol. The zero-order valence-electron chi connectivity index (χ0n) is 16.3. The second-order valence-corrected chi connectivity index (χ2v) is 6.91. The Hall–Kier alpha value is -3.17. The molecule has 3 rings (SSSR count). The number of rotatable bonds is 7. The lowest BCUT2D eigenvalue weighted by molar-refractivity contribution is -0.135. The van der Waals surface area contributed by atoms with Crippen LogP contribution in [0.15, 0.2) is 66.7 Å². The number of aliphatic carboxylic acids is 1. The summed E-state index contributed by atoms with van der Waals surface area (Å²) in [5, 5.41) is 11.6. The number of carbonyl (C=O) groups is 1. The molecule has 0 atom stereocenters. The van der Waals surface area contributed by atoms with E-state index in [1.165, 1.54) is 27.8 Å². The Morgan fingerprint density at radius 2 is 1.68 bits per heavy atom. The summed E-state index contributed by atoms with van der Waals surface area (Å²) in [5.41, 5.74) is 8.35. The summed E-state index contributed by atoms with van der Waals surface area (Å²) >= 11 is 0. The number of benzene rings is 3. The number of hydrogen-bond acceptors (Lipinski definition) is 2. The molecule has 0 saturated carbocycles. The van der Waals surface area contributed by atoms with Crippen molar-refractivity contribution in [3.63, 3.8) is 0 Å². The van der Waals surface area contributed by atoms with E-state index in [9.17, 15) is 4.79 Å². The van der Waals surface area contributed by atoms with Crippen molar-refractivity contribution >= 4 is 18.1 Å². The van der Waals surface area contributed by atoms with E-state index >= 15 is 0 Å². The largest absolute Gasteiger partial charge is 0.480 e. The monoisotopic (exact) mass is 371 g/mol. The molecule has 0 amide bonds. The van der Waals surface area contributed by atoms with Gasteiger partial charge in [-0.05, 0) is 52.8 Å². The van der Waals surface area contributed by atoms with Crippen LogP contribution in [0.3, 0.4) is 0 Å². The number of aryl methyl sites for hydroxylation is 1. The van der Waals surface area contributed by atoms with Crippen LogP contribution in [0.25, 0.3) is 23.3 Å². The van der Waals surface area contributed by atoms with Crippen LogP contribution in [-0.2, 0) is 11.3 Å². The average molecular weight is 371 g/mol. The Morgan fingerprint density at radius 3 is 2.39 bits per heavy atom. The Labute approximate surface area is 166 Å². The summed E-state index contributed by atoms with van der Waals surface area (Å²) in [6.07, 6.45) is 4.30. The Kier molecular flexibility index (Phi) is 6.41. The molecule has 142 valence electrons. The van der Waals surface area contributed by atoms with Crippen LogP contribution in [0.4, 0.5) is 0 Å². The Balaban J connectivity index is 1.78. The van der Waals surface area contributed by atoms with Crippen LogP contribution >= 0.6 is 0 Å². The first-order valence-corrected chi connectivity index (χ1v) is 9.40. The molecule has 3 nitrogen and oxygen atoms in total. The van der Waals surface area contributed by atoms with Crippen molar-refractivity contribution in [2.24, 2.45) is 0 Å². The third-order valence-electron chi connectivity index (χ3n) is 4.84. The van der Waals surface area contributed by atoms with Crippen molar-refractivity contribution in [1.82, 2.24) is 5.32 Å². The van der Waals surface area contributed by atoms with Gasteiger partial charge in [0.15, 0.2) is 0 Å². The van der Waals surface area contributed by atoms with Gasteiger partial charge in [0, 0.05) is 6.54 Å². The fourth-order valence-corrected chi connectivity index (χ4v) is 3.29. The Bertz CT molecular complexity index is 991. The maximum Gasteiger partial charge on any atom is 0.317 e. The molecule has 0 radical (unpaired) electrons. The Morgan fingerprint density at radius 1 is 0.929 bits per heavy atom. The molecular formula is C25H25NO2. The summed E-state index contributed by atoms with van der Waals surface area (Å²) < 4.78 is 0. The first-order chi connectivity index (χ1) is 13.5. The number of carboxylic acid groups (broad SMARTS) is 1. The molecule has 3 heteroatoms. The molecular weight excluding hydrogens is 346 g/mol. The normalized spacial score (nSPS) is 11.1. The van der Waals surface area contributed by atoms with E-state index in [0.29, 0.717) is 6.54 Å². The summed E-state index contributed by atoms with van der Waals surface area (Å²) in [7, 11) is 0. The summed E-state index contributed by atoms with van der Waals surface area (Å²) in [6.45, 7) is 4.76. The van der Waals surface area contributed by atoms with E-state index in [1.54, 1.807) is 0 Å². The molecule has 0 bridgehead atoms. The smallest absolute Gasteiger partial charge is 0.317 e. The first kappa shape index (κ1) is 19.6. The second-order valence-electron chi connectivity index (χ2n) is 6.91. The zero-order chi connectivity index (χ0) is 19.9. The number of hydrogen-bond donors (Lipinski definition) is 2.